The van der Waals surface area contributed by atoms with Crippen LogP contribution in [0.4, 0.5) is 4.39 Å². The zero-order valence-corrected chi connectivity index (χ0v) is 17.0. The number of para-hydroxylation sites is 1. The summed E-state index contributed by atoms with van der Waals surface area (Å²) in [5.41, 5.74) is -0.0326. The molecule has 0 N–H and O–H groups in total. The van der Waals surface area contributed by atoms with Crippen molar-refractivity contribution in [3.8, 4) is 5.75 Å². The zero-order chi connectivity index (χ0) is 21.0. The molecule has 0 saturated heterocycles. The number of carbonyl (C=O) groups is 1. The van der Waals surface area contributed by atoms with Crippen LogP contribution in [0.2, 0.25) is 0 Å². The number of halogens is 1. The third-order valence-electron chi connectivity index (χ3n) is 5.50. The van der Waals surface area contributed by atoms with E-state index in [0.29, 0.717) is 20.6 Å². The van der Waals surface area contributed by atoms with E-state index in [-0.39, 0.29) is 11.4 Å². The van der Waals surface area contributed by atoms with Gasteiger partial charge in [0.15, 0.2) is 4.80 Å². The quantitative estimate of drug-likeness (QED) is 0.590. The molecule has 3 aromatic rings. The van der Waals surface area contributed by atoms with Crippen molar-refractivity contribution in [2.45, 2.75) is 18.7 Å². The van der Waals surface area contributed by atoms with Crippen LogP contribution in [0.3, 0.4) is 0 Å². The highest BCUT2D eigenvalue weighted by Gasteiger charge is 2.55. The minimum atomic E-state index is -1.20. The molecule has 2 aliphatic rings. The Kier molecular flexibility index (Phi) is 4.14. The largest absolute Gasteiger partial charge is 0.469 e. The lowest BCUT2D eigenvalue weighted by molar-refractivity contribution is -0.158. The number of thiazole rings is 1. The van der Waals surface area contributed by atoms with Crippen LogP contribution < -0.4 is 19.6 Å². The average molecular weight is 424 g/mol. The van der Waals surface area contributed by atoms with Crippen molar-refractivity contribution < 1.29 is 18.7 Å². The molecule has 0 radical (unpaired) electrons. The molecule has 0 spiro atoms. The van der Waals surface area contributed by atoms with Gasteiger partial charge in [0.25, 0.3) is 5.56 Å². The molecule has 0 amide bonds. The summed E-state index contributed by atoms with van der Waals surface area (Å²) in [5, 5.41) is 0. The Morgan fingerprint density at radius 2 is 2.00 bits per heavy atom. The van der Waals surface area contributed by atoms with Gasteiger partial charge in [-0.15, -0.1) is 0 Å². The van der Waals surface area contributed by atoms with Gasteiger partial charge in [0.2, 0.25) is 5.72 Å². The van der Waals surface area contributed by atoms with Crippen molar-refractivity contribution in [3.63, 3.8) is 0 Å². The summed E-state index contributed by atoms with van der Waals surface area (Å²) in [6.07, 6.45) is 1.69. The second-order valence-electron chi connectivity index (χ2n) is 7.37. The second-order valence-corrected chi connectivity index (χ2v) is 8.38. The minimum Gasteiger partial charge on any atom is -0.469 e. The van der Waals surface area contributed by atoms with E-state index in [4.69, 9.17) is 9.47 Å². The first-order valence-electron chi connectivity index (χ1n) is 9.35. The van der Waals surface area contributed by atoms with Crippen LogP contribution >= 0.6 is 11.3 Å². The van der Waals surface area contributed by atoms with E-state index in [9.17, 15) is 14.0 Å². The first kappa shape index (κ1) is 18.7. The van der Waals surface area contributed by atoms with Crippen LogP contribution in [0, 0.1) is 11.7 Å². The maximum Gasteiger partial charge on any atom is 0.317 e. The number of methoxy groups -OCH3 is 1. The Labute approximate surface area is 174 Å². The van der Waals surface area contributed by atoms with Gasteiger partial charge in [0, 0.05) is 5.56 Å². The molecule has 2 aliphatic heterocycles. The average Bonchev–Trinajstić information content (AvgIpc) is 3.02. The number of nitrogens with zero attached hydrogens (tertiary/aromatic N) is 2. The number of fused-ring (bicyclic) bond motifs is 6. The fraction of sp³-hybridized carbons (Fsp3) is 0.227. The minimum absolute atomic E-state index is 0.263. The van der Waals surface area contributed by atoms with Crippen molar-refractivity contribution >= 4 is 23.4 Å². The first-order chi connectivity index (χ1) is 14.4. The molecular formula is C22H17FN2O4S. The molecule has 2 aromatic carbocycles. The molecule has 0 fully saturated rings. The van der Waals surface area contributed by atoms with Crippen molar-refractivity contribution in [3.05, 3.63) is 85.2 Å². The van der Waals surface area contributed by atoms with Gasteiger partial charge >= 0.3 is 5.97 Å². The first-order valence-corrected chi connectivity index (χ1v) is 10.2. The van der Waals surface area contributed by atoms with E-state index < -0.39 is 23.7 Å². The normalized spacial score (nSPS) is 24.3. The summed E-state index contributed by atoms with van der Waals surface area (Å²) in [7, 11) is 1.31. The third-order valence-corrected chi connectivity index (χ3v) is 6.49. The number of hydrogen-bond donors (Lipinski definition) is 0. The molecule has 3 heterocycles. The standard InChI is InChI=1S/C22H17FN2O4S/c1-22-17(20(27)28-2)18(14-5-3-4-6-15(14)29-22)25-19(26)16(30-21(25)24-22)11-12-7-9-13(23)10-8-12/h3-11,17-18H,1-2H3/b16-11+/t17-,18-,22-/m1/s1. The number of aromatic nitrogens is 1. The van der Waals surface area contributed by atoms with Crippen molar-refractivity contribution in [2.24, 2.45) is 10.9 Å². The fourth-order valence-corrected chi connectivity index (χ4v) is 5.24. The van der Waals surface area contributed by atoms with Gasteiger partial charge in [-0.05, 0) is 36.8 Å². The van der Waals surface area contributed by atoms with Crippen molar-refractivity contribution in [1.82, 2.24) is 4.57 Å². The summed E-state index contributed by atoms with van der Waals surface area (Å²) in [4.78, 5) is 31.2. The summed E-state index contributed by atoms with van der Waals surface area (Å²) >= 11 is 1.21. The number of esters is 1. The van der Waals surface area contributed by atoms with Crippen LogP contribution in [0.1, 0.15) is 24.1 Å². The van der Waals surface area contributed by atoms with Gasteiger partial charge in [-0.1, -0.05) is 41.7 Å². The van der Waals surface area contributed by atoms with Gasteiger partial charge in [0.1, 0.15) is 17.5 Å². The van der Waals surface area contributed by atoms with Crippen LogP contribution in [0.15, 0.2) is 58.3 Å². The Bertz CT molecular complexity index is 1340. The highest BCUT2D eigenvalue weighted by atomic mass is 32.1. The number of rotatable bonds is 2. The predicted molar refractivity (Wildman–Crippen MR) is 108 cm³/mol. The Morgan fingerprint density at radius 1 is 1.27 bits per heavy atom. The van der Waals surface area contributed by atoms with Gasteiger partial charge < -0.3 is 9.47 Å². The lowest BCUT2D eigenvalue weighted by Gasteiger charge is -2.44. The van der Waals surface area contributed by atoms with E-state index in [1.54, 1.807) is 35.8 Å². The molecular weight excluding hydrogens is 407 g/mol. The number of hydrogen-bond acceptors (Lipinski definition) is 6. The summed E-state index contributed by atoms with van der Waals surface area (Å²) in [5.74, 6) is -1.06. The predicted octanol–water partition coefficient (Wildman–Crippen LogP) is 2.00. The lowest BCUT2D eigenvalue weighted by atomic mass is 9.81. The van der Waals surface area contributed by atoms with E-state index in [2.05, 4.69) is 4.99 Å². The zero-order valence-electron chi connectivity index (χ0n) is 16.2. The summed E-state index contributed by atoms with van der Waals surface area (Å²) in [6.45, 7) is 1.73. The number of carbonyl (C=O) groups excluding carboxylic acids is 1. The maximum absolute atomic E-state index is 13.4. The Hall–Kier alpha value is -3.26. The molecule has 0 unspecified atom stereocenters. The summed E-state index contributed by atoms with van der Waals surface area (Å²) in [6, 6.07) is 12.6. The van der Waals surface area contributed by atoms with Crippen molar-refractivity contribution in [2.75, 3.05) is 7.11 Å². The SMILES string of the molecule is COC(=O)[C@H]1[C@H]2c3ccccc3O[C@@]1(C)N=c1s/c(=C/c3ccc(F)cc3)c(=O)n12. The van der Waals surface area contributed by atoms with Gasteiger partial charge in [-0.25, -0.2) is 9.38 Å². The number of ether oxygens (including phenoxy) is 2. The molecule has 30 heavy (non-hydrogen) atoms. The highest BCUT2D eigenvalue weighted by molar-refractivity contribution is 7.07. The van der Waals surface area contributed by atoms with E-state index in [0.717, 1.165) is 5.56 Å². The van der Waals surface area contributed by atoms with E-state index in [1.807, 2.05) is 18.2 Å². The van der Waals surface area contributed by atoms with Crippen LogP contribution in [-0.4, -0.2) is 23.4 Å². The van der Waals surface area contributed by atoms with Crippen molar-refractivity contribution in [1.29, 1.82) is 0 Å². The third kappa shape index (κ3) is 2.71. The highest BCUT2D eigenvalue weighted by Crippen LogP contribution is 2.47. The fourth-order valence-electron chi connectivity index (χ4n) is 4.14. The van der Waals surface area contributed by atoms with Crippen LogP contribution in [0.25, 0.3) is 6.08 Å². The van der Waals surface area contributed by atoms with Gasteiger partial charge in [-0.2, -0.15) is 0 Å². The molecule has 0 saturated carbocycles. The molecule has 3 atom stereocenters. The second kappa shape index (κ2) is 6.63. The molecule has 8 heteroatoms. The lowest BCUT2D eigenvalue weighted by Crippen LogP contribution is -2.58. The Balaban J connectivity index is 1.79. The maximum atomic E-state index is 13.4. The molecule has 1 aromatic heterocycles. The van der Waals surface area contributed by atoms with E-state index in [1.165, 1.54) is 30.6 Å². The number of benzene rings is 2. The molecule has 2 bridgehead atoms. The topological polar surface area (TPSA) is 69.9 Å². The molecule has 6 nitrogen and oxygen atoms in total. The molecule has 152 valence electrons. The smallest absolute Gasteiger partial charge is 0.317 e. The molecule has 5 rings (SSSR count). The molecule has 0 aliphatic carbocycles. The van der Waals surface area contributed by atoms with Gasteiger partial charge in [0.05, 0.1) is 17.7 Å². The Morgan fingerprint density at radius 3 is 2.73 bits per heavy atom. The van der Waals surface area contributed by atoms with Crippen LogP contribution in [-0.2, 0) is 9.53 Å². The van der Waals surface area contributed by atoms with Crippen LogP contribution in [0.5, 0.6) is 5.75 Å². The van der Waals surface area contributed by atoms with E-state index >= 15 is 0 Å². The van der Waals surface area contributed by atoms with Gasteiger partial charge in [-0.3, -0.25) is 14.2 Å². The summed E-state index contributed by atoms with van der Waals surface area (Å²) < 4.78 is 26.4. The monoisotopic (exact) mass is 424 g/mol.